The quantitative estimate of drug-likeness (QED) is 0.494. The van der Waals surface area contributed by atoms with Crippen molar-refractivity contribution in [3.05, 3.63) is 0 Å². The van der Waals surface area contributed by atoms with Gasteiger partial charge in [-0.15, -0.1) is 0 Å². The van der Waals surface area contributed by atoms with Gasteiger partial charge in [-0.2, -0.15) is 0 Å². The second-order valence-electron chi connectivity index (χ2n) is 8.53. The molecule has 0 heteroatoms. The molecule has 1 saturated carbocycles. The lowest BCUT2D eigenvalue weighted by Crippen LogP contribution is -2.36. The van der Waals surface area contributed by atoms with Gasteiger partial charge in [0.2, 0.25) is 0 Å². The van der Waals surface area contributed by atoms with Gasteiger partial charge in [0.1, 0.15) is 0 Å². The zero-order chi connectivity index (χ0) is 14.5. The largest absolute Gasteiger partial charge is 0.0654 e. The van der Waals surface area contributed by atoms with Gasteiger partial charge >= 0.3 is 0 Å². The molecule has 1 aliphatic carbocycles. The Hall–Kier alpha value is 0. The molecule has 0 N–H and O–H groups in total. The van der Waals surface area contributed by atoms with Crippen molar-refractivity contribution >= 4 is 0 Å². The van der Waals surface area contributed by atoms with Crippen molar-refractivity contribution in [2.45, 2.75) is 99.3 Å². The Balaban J connectivity index is 2.88. The van der Waals surface area contributed by atoms with Gasteiger partial charge in [-0.05, 0) is 35.5 Å². The van der Waals surface area contributed by atoms with Gasteiger partial charge in [-0.3, -0.25) is 0 Å². The van der Waals surface area contributed by atoms with Crippen molar-refractivity contribution in [3.8, 4) is 0 Å². The summed E-state index contributed by atoms with van der Waals surface area (Å²) in [4.78, 5) is 0. The smallest absolute Gasteiger partial charge is 0.0297 e. The molecule has 0 nitrogen and oxygen atoms in total. The normalized spacial score (nSPS) is 23.1. The second-order valence-corrected chi connectivity index (χ2v) is 8.53. The predicted octanol–water partition coefficient (Wildman–Crippen LogP) is 6.84. The van der Waals surface area contributed by atoms with E-state index in [-0.39, 0.29) is 0 Å². The fourth-order valence-electron chi connectivity index (χ4n) is 4.37. The Labute approximate surface area is 122 Å². The highest BCUT2D eigenvalue weighted by atomic mass is 14.4. The maximum Gasteiger partial charge on any atom is -0.0297 e. The summed E-state index contributed by atoms with van der Waals surface area (Å²) in [5.41, 5.74) is 1.05. The highest BCUT2D eigenvalue weighted by Crippen LogP contribution is 2.49. The van der Waals surface area contributed by atoms with Crippen molar-refractivity contribution in [2.75, 3.05) is 0 Å². The van der Waals surface area contributed by atoms with Gasteiger partial charge in [0.05, 0.1) is 0 Å². The van der Waals surface area contributed by atoms with Crippen LogP contribution in [0.2, 0.25) is 0 Å². The van der Waals surface area contributed by atoms with Gasteiger partial charge in [-0.1, -0.05) is 86.5 Å². The Morgan fingerprint density at radius 1 is 0.947 bits per heavy atom. The van der Waals surface area contributed by atoms with Crippen LogP contribution in [-0.2, 0) is 0 Å². The van der Waals surface area contributed by atoms with Gasteiger partial charge in [-0.25, -0.2) is 0 Å². The van der Waals surface area contributed by atoms with Crippen LogP contribution < -0.4 is 0 Å². The van der Waals surface area contributed by atoms with Crippen molar-refractivity contribution in [2.24, 2.45) is 22.7 Å². The van der Waals surface area contributed by atoms with Crippen molar-refractivity contribution < 1.29 is 0 Å². The molecule has 1 aliphatic rings. The van der Waals surface area contributed by atoms with E-state index in [4.69, 9.17) is 0 Å². The number of hydrogen-bond donors (Lipinski definition) is 0. The van der Waals surface area contributed by atoms with Gasteiger partial charge in [0, 0.05) is 0 Å². The van der Waals surface area contributed by atoms with Crippen molar-refractivity contribution in [1.29, 1.82) is 0 Å². The number of rotatable bonds is 6. The van der Waals surface area contributed by atoms with Crippen LogP contribution in [-0.4, -0.2) is 0 Å². The minimum atomic E-state index is 0.478. The summed E-state index contributed by atoms with van der Waals surface area (Å²) in [6.07, 6.45) is 13.0. The van der Waals surface area contributed by atoms with Crippen LogP contribution in [0.1, 0.15) is 99.3 Å². The minimum Gasteiger partial charge on any atom is -0.0654 e. The maximum atomic E-state index is 2.58. The lowest BCUT2D eigenvalue weighted by Gasteiger charge is -2.46. The Bertz CT molecular complexity index is 241. The molecule has 0 spiro atoms. The molecule has 0 aromatic rings. The van der Waals surface area contributed by atoms with Crippen LogP contribution in [0.3, 0.4) is 0 Å². The molecular weight excluding hydrogens is 228 g/mol. The molecule has 0 heterocycles. The molecule has 0 amide bonds. The maximum absolute atomic E-state index is 2.58. The molecule has 0 aliphatic heterocycles. The van der Waals surface area contributed by atoms with E-state index in [1.54, 1.807) is 0 Å². The SMILES string of the molecule is CCCC(C)(CC)C(CC(C)(C)C)C1CCCCC1. The third-order valence-electron chi connectivity index (χ3n) is 5.58. The average molecular weight is 267 g/mol. The van der Waals surface area contributed by atoms with Gasteiger partial charge in [0.15, 0.2) is 0 Å². The van der Waals surface area contributed by atoms with Crippen molar-refractivity contribution in [3.63, 3.8) is 0 Å². The molecule has 0 saturated heterocycles. The van der Waals surface area contributed by atoms with E-state index in [2.05, 4.69) is 41.5 Å². The average Bonchev–Trinajstić information content (AvgIpc) is 2.36. The summed E-state index contributed by atoms with van der Waals surface area (Å²) >= 11 is 0. The molecular formula is C19H38. The molecule has 114 valence electrons. The van der Waals surface area contributed by atoms with Gasteiger partial charge in [0.25, 0.3) is 0 Å². The van der Waals surface area contributed by atoms with E-state index in [0.717, 1.165) is 11.8 Å². The second kappa shape index (κ2) is 7.14. The molecule has 0 radical (unpaired) electrons. The fourth-order valence-corrected chi connectivity index (χ4v) is 4.37. The first-order valence-corrected chi connectivity index (χ1v) is 8.82. The van der Waals surface area contributed by atoms with E-state index < -0.39 is 0 Å². The van der Waals surface area contributed by atoms with Gasteiger partial charge < -0.3 is 0 Å². The first kappa shape index (κ1) is 17.1. The summed E-state index contributed by atoms with van der Waals surface area (Å²) in [7, 11) is 0. The third-order valence-corrected chi connectivity index (χ3v) is 5.58. The third kappa shape index (κ3) is 5.12. The predicted molar refractivity (Wildman–Crippen MR) is 87.4 cm³/mol. The monoisotopic (exact) mass is 266 g/mol. The van der Waals surface area contributed by atoms with E-state index >= 15 is 0 Å². The van der Waals surface area contributed by atoms with Crippen LogP contribution in [0, 0.1) is 22.7 Å². The molecule has 0 aromatic heterocycles. The summed E-state index contributed by atoms with van der Waals surface area (Å²) in [5, 5.41) is 0. The lowest BCUT2D eigenvalue weighted by molar-refractivity contribution is 0.0431. The van der Waals surface area contributed by atoms with E-state index in [0.29, 0.717) is 10.8 Å². The zero-order valence-electron chi connectivity index (χ0n) is 14.5. The standard InChI is InChI=1S/C19H38/c1-7-14-19(6,8-2)17(15-18(3,4)5)16-12-10-9-11-13-16/h16-17H,7-15H2,1-6H3. The summed E-state index contributed by atoms with van der Waals surface area (Å²) < 4.78 is 0. The molecule has 19 heavy (non-hydrogen) atoms. The highest BCUT2D eigenvalue weighted by molar-refractivity contribution is 4.89. The highest BCUT2D eigenvalue weighted by Gasteiger charge is 2.39. The fraction of sp³-hybridized carbons (Fsp3) is 1.00. The van der Waals surface area contributed by atoms with E-state index in [1.807, 2.05) is 0 Å². The lowest BCUT2D eigenvalue weighted by atomic mass is 9.59. The van der Waals surface area contributed by atoms with Crippen LogP contribution in [0.5, 0.6) is 0 Å². The zero-order valence-corrected chi connectivity index (χ0v) is 14.5. The molecule has 0 aromatic carbocycles. The summed E-state index contributed by atoms with van der Waals surface area (Å²) in [6.45, 7) is 14.7. The van der Waals surface area contributed by atoms with Crippen LogP contribution >= 0.6 is 0 Å². The summed E-state index contributed by atoms with van der Waals surface area (Å²) in [6, 6.07) is 0. The minimum absolute atomic E-state index is 0.478. The Morgan fingerprint density at radius 3 is 1.95 bits per heavy atom. The Morgan fingerprint density at radius 2 is 1.53 bits per heavy atom. The molecule has 1 fully saturated rings. The number of hydrogen-bond acceptors (Lipinski definition) is 0. The first-order chi connectivity index (χ1) is 8.82. The van der Waals surface area contributed by atoms with Crippen LogP contribution in [0.25, 0.3) is 0 Å². The van der Waals surface area contributed by atoms with Crippen LogP contribution in [0.4, 0.5) is 0 Å². The summed E-state index contributed by atoms with van der Waals surface area (Å²) in [5.74, 6) is 1.95. The van der Waals surface area contributed by atoms with Crippen LogP contribution in [0.15, 0.2) is 0 Å². The molecule has 0 bridgehead atoms. The van der Waals surface area contributed by atoms with Crippen molar-refractivity contribution in [1.82, 2.24) is 0 Å². The molecule has 2 unspecified atom stereocenters. The Kier molecular flexibility index (Phi) is 6.40. The topological polar surface area (TPSA) is 0 Å². The molecule has 2 atom stereocenters. The van der Waals surface area contributed by atoms with E-state index in [9.17, 15) is 0 Å². The first-order valence-electron chi connectivity index (χ1n) is 8.82. The molecule has 1 rings (SSSR count). The van der Waals surface area contributed by atoms with E-state index in [1.165, 1.54) is 57.8 Å².